The molecule has 9 heteroatoms. The smallest absolute Gasteiger partial charge is 0.292 e. The molecular weight excluding hydrogens is 364 g/mol. The second-order valence-corrected chi connectivity index (χ2v) is 7.31. The monoisotopic (exact) mass is 381 g/mol. The number of hydrogen-bond donors (Lipinski definition) is 1. The lowest BCUT2D eigenvalue weighted by atomic mass is 10.3. The number of nitrogens with one attached hydrogen (secondary N) is 1. The molecule has 0 aliphatic rings. The van der Waals surface area contributed by atoms with Gasteiger partial charge in [0.2, 0.25) is 0 Å². The zero-order valence-electron chi connectivity index (χ0n) is 14.2. The summed E-state index contributed by atoms with van der Waals surface area (Å²) in [4.78, 5) is 11.7. The Balaban J connectivity index is 2.07. The van der Waals surface area contributed by atoms with E-state index >= 15 is 0 Å². The SMILES string of the molecule is CCn1c(=O)n(CC)c2cc(NS(=O)(=O)c3ccc(F)cc3F)ccc21. The maximum Gasteiger partial charge on any atom is 0.329 e. The molecule has 0 aliphatic carbocycles. The van der Waals surface area contributed by atoms with Crippen LogP contribution in [0.2, 0.25) is 0 Å². The Morgan fingerprint density at radius 2 is 1.62 bits per heavy atom. The van der Waals surface area contributed by atoms with Gasteiger partial charge in [0.25, 0.3) is 10.0 Å². The summed E-state index contributed by atoms with van der Waals surface area (Å²) >= 11 is 0. The van der Waals surface area contributed by atoms with E-state index < -0.39 is 26.6 Å². The fourth-order valence-electron chi connectivity index (χ4n) is 2.90. The molecule has 1 heterocycles. The Morgan fingerprint density at radius 3 is 2.23 bits per heavy atom. The van der Waals surface area contributed by atoms with Crippen molar-refractivity contribution in [3.63, 3.8) is 0 Å². The van der Waals surface area contributed by atoms with E-state index in [4.69, 9.17) is 0 Å². The molecule has 1 aromatic heterocycles. The Kier molecular flexibility index (Phi) is 4.57. The first-order chi connectivity index (χ1) is 12.3. The Hall–Kier alpha value is -2.68. The van der Waals surface area contributed by atoms with Gasteiger partial charge in [-0.2, -0.15) is 0 Å². The zero-order chi connectivity index (χ0) is 19.1. The molecule has 0 saturated carbocycles. The van der Waals surface area contributed by atoms with E-state index in [0.717, 1.165) is 12.1 Å². The van der Waals surface area contributed by atoms with E-state index in [0.29, 0.717) is 30.2 Å². The van der Waals surface area contributed by atoms with Crippen LogP contribution in [-0.4, -0.2) is 17.6 Å². The van der Waals surface area contributed by atoms with Crippen molar-refractivity contribution in [3.05, 3.63) is 58.5 Å². The molecule has 3 rings (SSSR count). The summed E-state index contributed by atoms with van der Waals surface area (Å²) in [6, 6.07) is 6.88. The quantitative estimate of drug-likeness (QED) is 0.739. The Morgan fingerprint density at radius 1 is 0.962 bits per heavy atom. The highest BCUT2D eigenvalue weighted by atomic mass is 32.2. The van der Waals surface area contributed by atoms with Gasteiger partial charge >= 0.3 is 5.69 Å². The van der Waals surface area contributed by atoms with Gasteiger partial charge in [-0.1, -0.05) is 0 Å². The van der Waals surface area contributed by atoms with E-state index in [9.17, 15) is 22.0 Å². The molecule has 0 saturated heterocycles. The Bertz CT molecular complexity index is 1150. The highest BCUT2D eigenvalue weighted by Gasteiger charge is 2.20. The number of imidazole rings is 1. The number of fused-ring (bicyclic) bond motifs is 1. The average molecular weight is 381 g/mol. The van der Waals surface area contributed by atoms with Gasteiger partial charge in [-0.05, 0) is 44.2 Å². The highest BCUT2D eigenvalue weighted by Crippen LogP contribution is 2.23. The fourth-order valence-corrected chi connectivity index (χ4v) is 4.01. The summed E-state index contributed by atoms with van der Waals surface area (Å²) in [5.74, 6) is -2.04. The van der Waals surface area contributed by atoms with Crippen molar-refractivity contribution in [2.45, 2.75) is 31.8 Å². The summed E-state index contributed by atoms with van der Waals surface area (Å²) in [6.07, 6.45) is 0. The lowest BCUT2D eigenvalue weighted by Gasteiger charge is -2.10. The molecule has 0 fully saturated rings. The fraction of sp³-hybridized carbons (Fsp3) is 0.235. The summed E-state index contributed by atoms with van der Waals surface area (Å²) < 4.78 is 57.0. The molecule has 0 radical (unpaired) electrons. The molecule has 0 aliphatic heterocycles. The van der Waals surface area contributed by atoms with Crippen LogP contribution in [0.15, 0.2) is 46.1 Å². The van der Waals surface area contributed by atoms with E-state index in [2.05, 4.69) is 4.72 Å². The van der Waals surface area contributed by atoms with Crippen molar-refractivity contribution < 1.29 is 17.2 Å². The number of rotatable bonds is 5. The minimum atomic E-state index is -4.24. The third-order valence-electron chi connectivity index (χ3n) is 4.09. The molecule has 1 N–H and O–H groups in total. The largest absolute Gasteiger partial charge is 0.329 e. The number of nitrogens with zero attached hydrogens (tertiary/aromatic N) is 2. The predicted molar refractivity (Wildman–Crippen MR) is 94.7 cm³/mol. The van der Waals surface area contributed by atoms with E-state index in [1.807, 2.05) is 13.8 Å². The first-order valence-electron chi connectivity index (χ1n) is 7.99. The third-order valence-corrected chi connectivity index (χ3v) is 5.50. The van der Waals surface area contributed by atoms with E-state index in [1.54, 1.807) is 10.6 Å². The summed E-state index contributed by atoms with van der Waals surface area (Å²) in [5, 5.41) is 0. The second kappa shape index (κ2) is 6.56. The van der Waals surface area contributed by atoms with Crippen molar-refractivity contribution in [2.75, 3.05) is 4.72 Å². The predicted octanol–water partition coefficient (Wildman–Crippen LogP) is 2.92. The maximum atomic E-state index is 13.8. The highest BCUT2D eigenvalue weighted by molar-refractivity contribution is 7.92. The maximum absolute atomic E-state index is 13.8. The standard InChI is InChI=1S/C17H17F2N3O3S/c1-3-21-14-7-6-12(10-15(14)22(4-2)17(21)23)20-26(24,25)16-8-5-11(18)9-13(16)19/h5-10,20H,3-4H2,1-2H3. The van der Waals surface area contributed by atoms with Crippen molar-refractivity contribution >= 4 is 26.7 Å². The number of hydrogen-bond acceptors (Lipinski definition) is 3. The molecule has 0 spiro atoms. The molecule has 138 valence electrons. The molecule has 3 aromatic rings. The van der Waals surface area contributed by atoms with Crippen LogP contribution < -0.4 is 10.4 Å². The van der Waals surface area contributed by atoms with Crippen LogP contribution in [0.1, 0.15) is 13.8 Å². The van der Waals surface area contributed by atoms with Gasteiger partial charge in [0.1, 0.15) is 16.5 Å². The van der Waals surface area contributed by atoms with E-state index in [-0.39, 0.29) is 11.4 Å². The summed E-state index contributed by atoms with van der Waals surface area (Å²) in [5.41, 5.74) is 1.24. The van der Waals surface area contributed by atoms with Crippen LogP contribution >= 0.6 is 0 Å². The van der Waals surface area contributed by atoms with Crippen molar-refractivity contribution in [1.82, 2.24) is 9.13 Å². The van der Waals surface area contributed by atoms with Crippen LogP contribution in [0.5, 0.6) is 0 Å². The minimum absolute atomic E-state index is 0.177. The lowest BCUT2D eigenvalue weighted by Crippen LogP contribution is -2.23. The topological polar surface area (TPSA) is 73.1 Å². The minimum Gasteiger partial charge on any atom is -0.292 e. The van der Waals surface area contributed by atoms with Crippen molar-refractivity contribution in [3.8, 4) is 0 Å². The first-order valence-corrected chi connectivity index (χ1v) is 9.47. The van der Waals surface area contributed by atoms with E-state index in [1.165, 1.54) is 16.7 Å². The molecule has 0 amide bonds. The lowest BCUT2D eigenvalue weighted by molar-refractivity contribution is 0.551. The molecular formula is C17H17F2N3O3S. The van der Waals surface area contributed by atoms with Gasteiger partial charge in [-0.25, -0.2) is 22.0 Å². The second-order valence-electron chi connectivity index (χ2n) is 5.65. The Labute approximate surface area is 148 Å². The van der Waals surface area contributed by atoms with Gasteiger partial charge in [-0.3, -0.25) is 13.9 Å². The van der Waals surface area contributed by atoms with Crippen molar-refractivity contribution in [1.29, 1.82) is 0 Å². The summed E-state index contributed by atoms with van der Waals surface area (Å²) in [7, 11) is -4.24. The molecule has 26 heavy (non-hydrogen) atoms. The van der Waals surface area contributed by atoms with Crippen LogP contribution in [-0.2, 0) is 23.1 Å². The number of benzene rings is 2. The molecule has 0 unspecified atom stereocenters. The number of aromatic nitrogens is 2. The number of aryl methyl sites for hydroxylation is 2. The van der Waals surface area contributed by atoms with Crippen LogP contribution in [0, 0.1) is 11.6 Å². The van der Waals surface area contributed by atoms with Gasteiger partial charge in [0.15, 0.2) is 0 Å². The number of sulfonamides is 1. The van der Waals surface area contributed by atoms with Gasteiger partial charge in [0, 0.05) is 19.2 Å². The average Bonchev–Trinajstić information content (AvgIpc) is 2.83. The normalized spacial score (nSPS) is 11.8. The van der Waals surface area contributed by atoms with Gasteiger partial charge < -0.3 is 0 Å². The van der Waals surface area contributed by atoms with Crippen LogP contribution in [0.3, 0.4) is 0 Å². The van der Waals surface area contributed by atoms with Crippen LogP contribution in [0.25, 0.3) is 11.0 Å². The number of halogens is 2. The van der Waals surface area contributed by atoms with Crippen molar-refractivity contribution in [2.24, 2.45) is 0 Å². The number of anilines is 1. The van der Waals surface area contributed by atoms with Gasteiger partial charge in [0.05, 0.1) is 16.7 Å². The molecule has 0 atom stereocenters. The van der Waals surface area contributed by atoms with Crippen LogP contribution in [0.4, 0.5) is 14.5 Å². The zero-order valence-corrected chi connectivity index (χ0v) is 15.0. The third kappa shape index (κ3) is 2.98. The van der Waals surface area contributed by atoms with Gasteiger partial charge in [-0.15, -0.1) is 0 Å². The molecule has 6 nitrogen and oxygen atoms in total. The molecule has 2 aromatic carbocycles. The molecule has 0 bridgehead atoms. The first kappa shape index (κ1) is 18.1. The summed E-state index contributed by atoms with van der Waals surface area (Å²) in [6.45, 7) is 4.56.